The number of nitrogens with one attached hydrogen (secondary N) is 2. The van der Waals surface area contributed by atoms with Crippen LogP contribution in [0, 0.1) is 0 Å². The number of guanidine groups is 1. The van der Waals surface area contributed by atoms with E-state index >= 15 is 0 Å². The van der Waals surface area contributed by atoms with Gasteiger partial charge in [0.1, 0.15) is 0 Å². The van der Waals surface area contributed by atoms with Gasteiger partial charge >= 0.3 is 11.9 Å². The van der Waals surface area contributed by atoms with Crippen LogP contribution in [0.1, 0.15) is 39.3 Å². The summed E-state index contributed by atoms with van der Waals surface area (Å²) in [4.78, 5) is 38.4. The molecule has 1 aliphatic heterocycles. The Balaban J connectivity index is 1.65. The number of carbonyl (C=O) groups excluding carboxylic acids is 2. The minimum atomic E-state index is -0.689. The van der Waals surface area contributed by atoms with Gasteiger partial charge in [0.15, 0.2) is 28.4 Å². The van der Waals surface area contributed by atoms with Gasteiger partial charge in [0.25, 0.3) is 0 Å². The van der Waals surface area contributed by atoms with Gasteiger partial charge in [0, 0.05) is 26.2 Å². The maximum absolute atomic E-state index is 12.6. The Morgan fingerprint density at radius 2 is 2.09 bits per heavy atom. The summed E-state index contributed by atoms with van der Waals surface area (Å²) >= 11 is 5.86. The molecule has 0 radical (unpaired) electrons. The summed E-state index contributed by atoms with van der Waals surface area (Å²) in [6.07, 6.45) is 1.87. The summed E-state index contributed by atoms with van der Waals surface area (Å²) in [5.74, 6) is -0.956. The van der Waals surface area contributed by atoms with E-state index in [0.717, 1.165) is 31.5 Å². The third-order valence-corrected chi connectivity index (χ3v) is 5.44. The highest BCUT2D eigenvalue weighted by Crippen LogP contribution is 2.18. The van der Waals surface area contributed by atoms with Gasteiger partial charge < -0.3 is 26.8 Å². The van der Waals surface area contributed by atoms with Crippen molar-refractivity contribution in [3.8, 4) is 0 Å². The number of aliphatic imine (C=N–C) groups is 1. The summed E-state index contributed by atoms with van der Waals surface area (Å²) in [5.41, 5.74) is 12.7. The molecule has 1 amide bonds. The summed E-state index contributed by atoms with van der Waals surface area (Å²) in [7, 11) is 3.02. The highest BCUT2D eigenvalue weighted by Gasteiger charge is 2.22. The fourth-order valence-electron chi connectivity index (χ4n) is 3.60. The molecule has 1 atom stereocenters. The summed E-state index contributed by atoms with van der Waals surface area (Å²) < 4.78 is 4.80. The Bertz CT molecular complexity index is 1060. The number of likely N-dealkylation sites (tertiary alicyclic amines) is 1. The van der Waals surface area contributed by atoms with E-state index < -0.39 is 5.91 Å². The highest BCUT2D eigenvalue weighted by atomic mass is 35.5. The van der Waals surface area contributed by atoms with E-state index in [2.05, 4.69) is 30.5 Å². The molecule has 12 heteroatoms. The van der Waals surface area contributed by atoms with Crippen LogP contribution < -0.4 is 22.1 Å². The number of halogens is 1. The largest absolute Gasteiger partial charge is 0.465 e. The second-order valence-corrected chi connectivity index (χ2v) is 7.92. The fourth-order valence-corrected chi connectivity index (χ4v) is 3.72. The van der Waals surface area contributed by atoms with Crippen molar-refractivity contribution in [1.29, 1.82) is 0 Å². The molecular formula is C21H27ClN8O3. The van der Waals surface area contributed by atoms with Crippen LogP contribution in [0.2, 0.25) is 5.15 Å². The predicted octanol–water partition coefficient (Wildman–Crippen LogP) is 1.05. The third-order valence-electron chi connectivity index (χ3n) is 5.16. The molecule has 1 aromatic carbocycles. The van der Waals surface area contributed by atoms with Crippen molar-refractivity contribution >= 4 is 41.1 Å². The molecule has 33 heavy (non-hydrogen) atoms. The third kappa shape index (κ3) is 6.30. The normalized spacial score (nSPS) is 16.8. The van der Waals surface area contributed by atoms with Gasteiger partial charge in [-0.2, -0.15) is 4.99 Å². The molecule has 6 N–H and O–H groups in total. The van der Waals surface area contributed by atoms with E-state index in [1.165, 1.54) is 7.11 Å². The van der Waals surface area contributed by atoms with E-state index in [-0.39, 0.29) is 40.5 Å². The lowest BCUT2D eigenvalue weighted by molar-refractivity contribution is 0.0600. The molecule has 0 aliphatic carbocycles. The van der Waals surface area contributed by atoms with Crippen molar-refractivity contribution in [2.24, 2.45) is 4.99 Å². The summed E-state index contributed by atoms with van der Waals surface area (Å²) in [6, 6.07) is 7.45. The second-order valence-electron chi connectivity index (χ2n) is 7.56. The average Bonchev–Trinajstić information content (AvgIpc) is 2.80. The quantitative estimate of drug-likeness (QED) is 0.280. The molecule has 2 aromatic rings. The van der Waals surface area contributed by atoms with Crippen molar-refractivity contribution in [2.45, 2.75) is 25.4 Å². The number of benzene rings is 1. The van der Waals surface area contributed by atoms with Crippen LogP contribution in [-0.2, 0) is 11.3 Å². The predicted molar refractivity (Wildman–Crippen MR) is 126 cm³/mol. The van der Waals surface area contributed by atoms with Crippen LogP contribution in [0.3, 0.4) is 0 Å². The topological polar surface area (TPSA) is 161 Å². The average molecular weight is 475 g/mol. The number of nitrogens with two attached hydrogens (primary N) is 2. The molecule has 176 valence electrons. The molecule has 0 bridgehead atoms. The number of aromatic nitrogens is 2. The molecule has 11 nitrogen and oxygen atoms in total. The number of rotatable bonds is 5. The van der Waals surface area contributed by atoms with E-state index in [4.69, 9.17) is 27.8 Å². The molecule has 2 heterocycles. The standard InChI is InChI=1S/C21H27ClN8O3/c1-25-21(29-19(31)15-17(23)28-18(24)16(22)27-15)26-14-7-4-8-30(11-14)10-12-5-3-6-13(9-12)20(32)33-2/h3,5-6,9,14H,4,7-8,10-11H2,1-2H3,(H4,23,24,28)(H2,25,26,29,31). The zero-order valence-corrected chi connectivity index (χ0v) is 19.2. The van der Waals surface area contributed by atoms with Gasteiger partial charge in [-0.25, -0.2) is 14.8 Å². The lowest BCUT2D eigenvalue weighted by Gasteiger charge is -2.33. The lowest BCUT2D eigenvalue weighted by atomic mass is 10.0. The van der Waals surface area contributed by atoms with E-state index in [9.17, 15) is 9.59 Å². The van der Waals surface area contributed by atoms with Crippen molar-refractivity contribution < 1.29 is 14.3 Å². The molecule has 1 unspecified atom stereocenters. The number of nitrogens with zero attached hydrogens (tertiary/aromatic N) is 4. The molecular weight excluding hydrogens is 448 g/mol. The minimum absolute atomic E-state index is 0.0546. The number of esters is 1. The minimum Gasteiger partial charge on any atom is -0.465 e. The Morgan fingerprint density at radius 1 is 1.30 bits per heavy atom. The molecule has 1 aliphatic rings. The Hall–Kier alpha value is -3.44. The molecule has 3 rings (SSSR count). The number of anilines is 2. The molecule has 1 aromatic heterocycles. The van der Waals surface area contributed by atoms with Crippen LogP contribution in [0.25, 0.3) is 0 Å². The Labute approximate surface area is 196 Å². The van der Waals surface area contributed by atoms with Crippen LogP contribution in [0.5, 0.6) is 0 Å². The van der Waals surface area contributed by atoms with Crippen LogP contribution in [-0.4, -0.2) is 66.0 Å². The fraction of sp³-hybridized carbons (Fsp3) is 0.381. The van der Waals surface area contributed by atoms with E-state index in [0.29, 0.717) is 12.1 Å². The number of amides is 1. The zero-order valence-electron chi connectivity index (χ0n) is 18.5. The maximum atomic E-state index is 12.6. The number of piperidine rings is 1. The van der Waals surface area contributed by atoms with E-state index in [1.54, 1.807) is 13.1 Å². The number of methoxy groups -OCH3 is 1. The first-order valence-corrected chi connectivity index (χ1v) is 10.7. The first-order chi connectivity index (χ1) is 15.8. The van der Waals surface area contributed by atoms with Gasteiger partial charge in [-0.3, -0.25) is 9.69 Å². The van der Waals surface area contributed by atoms with Crippen molar-refractivity contribution in [3.63, 3.8) is 0 Å². The summed E-state index contributed by atoms with van der Waals surface area (Å²) in [5, 5.41) is 6.04. The Kier molecular flexibility index (Phi) is 8.01. The van der Waals surface area contributed by atoms with Crippen LogP contribution in [0.15, 0.2) is 29.3 Å². The lowest BCUT2D eigenvalue weighted by Crippen LogP contribution is -2.50. The van der Waals surface area contributed by atoms with Gasteiger partial charge in [-0.15, -0.1) is 0 Å². The monoisotopic (exact) mass is 474 g/mol. The van der Waals surface area contributed by atoms with Gasteiger partial charge in [0.2, 0.25) is 0 Å². The number of ether oxygens (including phenoxy) is 1. The first-order valence-electron chi connectivity index (χ1n) is 10.4. The molecule has 0 saturated carbocycles. The number of hydrogen-bond acceptors (Lipinski definition) is 8. The van der Waals surface area contributed by atoms with Gasteiger partial charge in [-0.05, 0) is 37.1 Å². The van der Waals surface area contributed by atoms with E-state index in [1.807, 2.05) is 18.2 Å². The number of carbonyl (C=O) groups is 2. The van der Waals surface area contributed by atoms with Crippen LogP contribution >= 0.6 is 11.6 Å². The molecule has 0 spiro atoms. The highest BCUT2D eigenvalue weighted by molar-refractivity contribution is 6.31. The summed E-state index contributed by atoms with van der Waals surface area (Å²) in [6.45, 7) is 2.33. The second kappa shape index (κ2) is 10.9. The Morgan fingerprint density at radius 3 is 2.82 bits per heavy atom. The number of hydrogen-bond donors (Lipinski definition) is 4. The van der Waals surface area contributed by atoms with Crippen LogP contribution in [0.4, 0.5) is 11.6 Å². The van der Waals surface area contributed by atoms with Crippen molar-refractivity contribution in [1.82, 2.24) is 25.5 Å². The maximum Gasteiger partial charge on any atom is 0.337 e. The number of nitrogen functional groups attached to an aromatic ring is 2. The zero-order chi connectivity index (χ0) is 24.0. The van der Waals surface area contributed by atoms with Gasteiger partial charge in [-0.1, -0.05) is 23.7 Å². The molecule has 1 saturated heterocycles. The molecule has 1 fully saturated rings. The SMILES string of the molecule is CN/C(=N\C(=O)c1nc(Cl)c(N)nc1N)NC1CCCN(Cc2cccc(C(=O)OC)c2)C1. The smallest absolute Gasteiger partial charge is 0.337 e. The van der Waals surface area contributed by atoms with Crippen molar-refractivity contribution in [2.75, 3.05) is 38.7 Å². The van der Waals surface area contributed by atoms with Gasteiger partial charge in [0.05, 0.1) is 12.7 Å². The first kappa shape index (κ1) is 24.2. The van der Waals surface area contributed by atoms with Crippen molar-refractivity contribution in [3.05, 3.63) is 46.2 Å².